The van der Waals surface area contributed by atoms with E-state index in [1.165, 1.54) is 5.56 Å². The number of aromatic nitrogens is 1. The molecule has 2 aromatic rings. The van der Waals surface area contributed by atoms with Gasteiger partial charge in [-0.05, 0) is 46.0 Å². The number of amides is 2. The van der Waals surface area contributed by atoms with E-state index in [0.29, 0.717) is 19.5 Å². The monoisotopic (exact) mass is 414 g/mol. The fourth-order valence-electron chi connectivity index (χ4n) is 3.55. The van der Waals surface area contributed by atoms with Gasteiger partial charge in [0.25, 0.3) is 0 Å². The van der Waals surface area contributed by atoms with Gasteiger partial charge in [-0.15, -0.1) is 11.3 Å². The minimum Gasteiger partial charge on any atom is -0.355 e. The molecule has 2 heterocycles. The van der Waals surface area contributed by atoms with Gasteiger partial charge in [-0.25, -0.2) is 4.98 Å². The molecule has 1 fully saturated rings. The Bertz CT molecular complexity index is 832. The zero-order valence-electron chi connectivity index (χ0n) is 17.5. The van der Waals surface area contributed by atoms with E-state index in [2.05, 4.69) is 44.8 Å². The number of benzene rings is 1. The summed E-state index contributed by atoms with van der Waals surface area (Å²) in [7, 11) is 4.05. The van der Waals surface area contributed by atoms with Gasteiger partial charge in [0, 0.05) is 37.0 Å². The molecule has 1 atom stereocenters. The Morgan fingerprint density at radius 1 is 1.31 bits per heavy atom. The number of carbonyl (C=O) groups is 2. The molecule has 0 bridgehead atoms. The Hall–Kier alpha value is -2.25. The largest absolute Gasteiger partial charge is 0.355 e. The standard InChI is InChI=1S/C22H30N4O2S/c1-16-24-20(15-29-16)18-7-5-17(6-8-18)9-10-23-22(28)19-13-21(27)26(14-19)12-4-11-25(2)3/h5-8,15,19H,4,9-14H2,1-3H3,(H,23,28). The molecule has 0 aliphatic carbocycles. The molecule has 3 rings (SSSR count). The Kier molecular flexibility index (Phi) is 7.39. The molecule has 1 aromatic carbocycles. The highest BCUT2D eigenvalue weighted by Gasteiger charge is 2.33. The number of aryl methyl sites for hydroxylation is 1. The smallest absolute Gasteiger partial charge is 0.225 e. The van der Waals surface area contributed by atoms with Crippen LogP contribution in [0.1, 0.15) is 23.4 Å². The molecule has 1 aliphatic heterocycles. The van der Waals surface area contributed by atoms with Crippen LogP contribution < -0.4 is 5.32 Å². The van der Waals surface area contributed by atoms with Crippen molar-refractivity contribution in [2.24, 2.45) is 5.92 Å². The molecule has 2 amide bonds. The van der Waals surface area contributed by atoms with Crippen molar-refractivity contribution in [3.63, 3.8) is 0 Å². The van der Waals surface area contributed by atoms with E-state index in [1.54, 1.807) is 11.3 Å². The summed E-state index contributed by atoms with van der Waals surface area (Å²) < 4.78 is 0. The molecular formula is C22H30N4O2S. The first-order valence-electron chi connectivity index (χ1n) is 10.1. The van der Waals surface area contributed by atoms with E-state index in [9.17, 15) is 9.59 Å². The number of hydrogen-bond acceptors (Lipinski definition) is 5. The second-order valence-corrected chi connectivity index (χ2v) is 8.95. The number of likely N-dealkylation sites (tertiary alicyclic amines) is 1. The quantitative estimate of drug-likeness (QED) is 0.685. The van der Waals surface area contributed by atoms with Crippen molar-refractivity contribution in [3.05, 3.63) is 40.2 Å². The van der Waals surface area contributed by atoms with Crippen LogP contribution in [0, 0.1) is 12.8 Å². The van der Waals surface area contributed by atoms with E-state index in [0.717, 1.165) is 42.2 Å². The van der Waals surface area contributed by atoms with Crippen molar-refractivity contribution in [2.75, 3.05) is 40.3 Å². The first-order valence-corrected chi connectivity index (χ1v) is 11.0. The van der Waals surface area contributed by atoms with E-state index >= 15 is 0 Å². The minimum absolute atomic E-state index is 0.0111. The lowest BCUT2D eigenvalue weighted by molar-refractivity contribution is -0.129. The molecule has 7 heteroatoms. The van der Waals surface area contributed by atoms with Crippen LogP contribution in [0.5, 0.6) is 0 Å². The SMILES string of the molecule is Cc1nc(-c2ccc(CCNC(=O)C3CC(=O)N(CCCN(C)C)C3)cc2)cs1. The first-order chi connectivity index (χ1) is 13.9. The van der Waals surface area contributed by atoms with E-state index < -0.39 is 0 Å². The average Bonchev–Trinajstić information content (AvgIpc) is 3.28. The number of nitrogens with zero attached hydrogens (tertiary/aromatic N) is 3. The maximum Gasteiger partial charge on any atom is 0.225 e. The van der Waals surface area contributed by atoms with Gasteiger partial charge < -0.3 is 15.1 Å². The molecule has 1 unspecified atom stereocenters. The summed E-state index contributed by atoms with van der Waals surface area (Å²) >= 11 is 1.65. The topological polar surface area (TPSA) is 65.5 Å². The van der Waals surface area contributed by atoms with E-state index in [-0.39, 0.29) is 17.7 Å². The number of thiazole rings is 1. The third kappa shape index (κ3) is 6.11. The highest BCUT2D eigenvalue weighted by molar-refractivity contribution is 7.09. The Labute approximate surface area is 176 Å². The average molecular weight is 415 g/mol. The summed E-state index contributed by atoms with van der Waals surface area (Å²) in [6, 6.07) is 8.32. The second-order valence-electron chi connectivity index (χ2n) is 7.89. The van der Waals surface area contributed by atoms with E-state index in [1.807, 2.05) is 25.9 Å². The minimum atomic E-state index is -0.225. The number of nitrogens with one attached hydrogen (secondary N) is 1. The third-order valence-corrected chi connectivity index (χ3v) is 5.97. The predicted molar refractivity (Wildman–Crippen MR) is 117 cm³/mol. The number of carbonyl (C=O) groups excluding carboxylic acids is 2. The van der Waals surface area contributed by atoms with Crippen molar-refractivity contribution in [3.8, 4) is 11.3 Å². The number of rotatable bonds is 9. The summed E-state index contributed by atoms with van der Waals surface area (Å²) in [6.45, 7) is 4.80. The molecule has 29 heavy (non-hydrogen) atoms. The van der Waals surface area contributed by atoms with Crippen LogP contribution in [0.4, 0.5) is 0 Å². The fourth-order valence-corrected chi connectivity index (χ4v) is 4.18. The molecule has 6 nitrogen and oxygen atoms in total. The van der Waals surface area contributed by atoms with Gasteiger partial charge in [-0.1, -0.05) is 24.3 Å². The maximum absolute atomic E-state index is 12.4. The Morgan fingerprint density at radius 3 is 2.72 bits per heavy atom. The summed E-state index contributed by atoms with van der Waals surface area (Å²) in [4.78, 5) is 33.0. The van der Waals surface area contributed by atoms with Gasteiger partial charge in [0.05, 0.1) is 16.6 Å². The molecule has 1 aromatic heterocycles. The molecule has 156 valence electrons. The summed E-state index contributed by atoms with van der Waals surface area (Å²) in [5, 5.41) is 6.13. The molecule has 0 saturated carbocycles. The lowest BCUT2D eigenvalue weighted by Crippen LogP contribution is -2.34. The van der Waals surface area contributed by atoms with Gasteiger partial charge >= 0.3 is 0 Å². The summed E-state index contributed by atoms with van der Waals surface area (Å²) in [6.07, 6.45) is 2.04. The van der Waals surface area contributed by atoms with Crippen molar-refractivity contribution < 1.29 is 9.59 Å². The van der Waals surface area contributed by atoms with Gasteiger partial charge in [-0.2, -0.15) is 0 Å². The zero-order chi connectivity index (χ0) is 20.8. The summed E-state index contributed by atoms with van der Waals surface area (Å²) in [5.74, 6) is -0.142. The zero-order valence-corrected chi connectivity index (χ0v) is 18.3. The van der Waals surface area contributed by atoms with Crippen molar-refractivity contribution >= 4 is 23.2 Å². The molecule has 1 aliphatic rings. The highest BCUT2D eigenvalue weighted by Crippen LogP contribution is 2.22. The van der Waals surface area contributed by atoms with Crippen LogP contribution >= 0.6 is 11.3 Å². The Balaban J connectivity index is 1.41. The highest BCUT2D eigenvalue weighted by atomic mass is 32.1. The Morgan fingerprint density at radius 2 is 2.07 bits per heavy atom. The molecule has 1 N–H and O–H groups in total. The van der Waals surface area contributed by atoms with Gasteiger partial charge in [0.15, 0.2) is 0 Å². The molecular weight excluding hydrogens is 384 g/mol. The van der Waals surface area contributed by atoms with E-state index in [4.69, 9.17) is 0 Å². The lowest BCUT2D eigenvalue weighted by Gasteiger charge is -2.18. The maximum atomic E-state index is 12.4. The third-order valence-electron chi connectivity index (χ3n) is 5.20. The van der Waals surface area contributed by atoms with Gasteiger partial charge in [0.1, 0.15) is 0 Å². The van der Waals surface area contributed by atoms with Crippen LogP contribution in [0.2, 0.25) is 0 Å². The van der Waals surface area contributed by atoms with Crippen LogP contribution in [0.3, 0.4) is 0 Å². The molecule has 0 radical (unpaired) electrons. The van der Waals surface area contributed by atoms with Crippen LogP contribution in [0.15, 0.2) is 29.6 Å². The van der Waals surface area contributed by atoms with Crippen LogP contribution in [-0.4, -0.2) is 66.9 Å². The predicted octanol–water partition coefficient (Wildman–Crippen LogP) is 2.58. The summed E-state index contributed by atoms with van der Waals surface area (Å²) in [5.41, 5.74) is 3.29. The first kappa shape index (κ1) is 21.5. The number of hydrogen-bond donors (Lipinski definition) is 1. The van der Waals surface area contributed by atoms with Gasteiger partial charge in [0.2, 0.25) is 11.8 Å². The molecule has 0 spiro atoms. The normalized spacial score (nSPS) is 16.6. The van der Waals surface area contributed by atoms with Gasteiger partial charge in [-0.3, -0.25) is 9.59 Å². The molecule has 1 saturated heterocycles. The second kappa shape index (κ2) is 9.98. The lowest BCUT2D eigenvalue weighted by atomic mass is 10.1. The van der Waals surface area contributed by atoms with Crippen LogP contribution in [0.25, 0.3) is 11.3 Å². The fraction of sp³-hybridized carbons (Fsp3) is 0.500. The van der Waals surface area contributed by atoms with Crippen molar-refractivity contribution in [1.82, 2.24) is 20.1 Å². The van der Waals surface area contributed by atoms with Crippen molar-refractivity contribution in [1.29, 1.82) is 0 Å². The van der Waals surface area contributed by atoms with Crippen molar-refractivity contribution in [2.45, 2.75) is 26.2 Å². The van der Waals surface area contributed by atoms with Crippen LogP contribution in [-0.2, 0) is 16.0 Å².